The fourth-order valence-corrected chi connectivity index (χ4v) is 2.90. The summed E-state index contributed by atoms with van der Waals surface area (Å²) >= 11 is 0. The van der Waals surface area contributed by atoms with Crippen LogP contribution in [-0.4, -0.2) is 37.1 Å². The zero-order valence-electron chi connectivity index (χ0n) is 11.1. The van der Waals surface area contributed by atoms with Gasteiger partial charge in [0.15, 0.2) is 0 Å². The summed E-state index contributed by atoms with van der Waals surface area (Å²) in [4.78, 5) is 0. The first-order valence-corrected chi connectivity index (χ1v) is 7.04. The van der Waals surface area contributed by atoms with E-state index in [2.05, 4.69) is 13.8 Å². The van der Waals surface area contributed by atoms with Crippen LogP contribution in [-0.2, 0) is 9.47 Å². The lowest BCUT2D eigenvalue weighted by Gasteiger charge is -2.35. The van der Waals surface area contributed by atoms with Crippen LogP contribution in [0.4, 0.5) is 0 Å². The largest absolute Gasteiger partial charge is 0.390 e. The van der Waals surface area contributed by atoms with Gasteiger partial charge in [-0.25, -0.2) is 0 Å². The molecule has 0 aromatic carbocycles. The summed E-state index contributed by atoms with van der Waals surface area (Å²) in [5, 5.41) is 9.99. The summed E-state index contributed by atoms with van der Waals surface area (Å²) in [5.41, 5.74) is 0. The van der Waals surface area contributed by atoms with Crippen molar-refractivity contribution in [1.29, 1.82) is 0 Å². The molecule has 0 aromatic heterocycles. The van der Waals surface area contributed by atoms with E-state index in [1.807, 2.05) is 0 Å². The minimum Gasteiger partial charge on any atom is -0.390 e. The third-order valence-electron chi connectivity index (χ3n) is 4.31. The van der Waals surface area contributed by atoms with Gasteiger partial charge in [-0.05, 0) is 37.5 Å². The monoisotopic (exact) mass is 242 g/mol. The molecule has 100 valence electrons. The maximum Gasteiger partial charge on any atom is 0.0836 e. The number of ether oxygens (including phenoxy) is 2. The van der Waals surface area contributed by atoms with Crippen LogP contribution in [0.3, 0.4) is 0 Å². The Kier molecular flexibility index (Phi) is 4.83. The van der Waals surface area contributed by atoms with Gasteiger partial charge in [0.05, 0.1) is 25.4 Å². The first-order valence-electron chi connectivity index (χ1n) is 7.04. The first-order chi connectivity index (χ1) is 8.16. The van der Waals surface area contributed by atoms with Crippen LogP contribution < -0.4 is 0 Å². The van der Waals surface area contributed by atoms with Gasteiger partial charge in [0.1, 0.15) is 0 Å². The fraction of sp³-hybridized carbons (Fsp3) is 1.00. The van der Waals surface area contributed by atoms with E-state index >= 15 is 0 Å². The van der Waals surface area contributed by atoms with E-state index in [4.69, 9.17) is 9.47 Å². The van der Waals surface area contributed by atoms with Crippen LogP contribution in [0.2, 0.25) is 0 Å². The average molecular weight is 242 g/mol. The van der Waals surface area contributed by atoms with E-state index in [9.17, 15) is 5.11 Å². The molecule has 2 aliphatic rings. The van der Waals surface area contributed by atoms with Crippen molar-refractivity contribution >= 4 is 0 Å². The fourth-order valence-electron chi connectivity index (χ4n) is 2.90. The zero-order chi connectivity index (χ0) is 12.3. The van der Waals surface area contributed by atoms with Gasteiger partial charge >= 0.3 is 0 Å². The van der Waals surface area contributed by atoms with Crippen molar-refractivity contribution in [3.63, 3.8) is 0 Å². The SMILES string of the molecule is CC(C)C1CCC(O)C(OCC2CCOC2)C1. The predicted octanol–water partition coefficient (Wildman–Crippen LogP) is 2.23. The van der Waals surface area contributed by atoms with Crippen molar-refractivity contribution in [2.45, 2.75) is 51.7 Å². The molecule has 0 bridgehead atoms. The molecule has 2 fully saturated rings. The van der Waals surface area contributed by atoms with Crippen LogP contribution in [0.25, 0.3) is 0 Å². The number of rotatable bonds is 4. The summed E-state index contributed by atoms with van der Waals surface area (Å²) in [6, 6.07) is 0. The Morgan fingerprint density at radius 3 is 2.76 bits per heavy atom. The Hall–Kier alpha value is -0.120. The Labute approximate surface area is 104 Å². The highest BCUT2D eigenvalue weighted by Gasteiger charge is 2.32. The molecule has 0 amide bonds. The van der Waals surface area contributed by atoms with Crippen molar-refractivity contribution in [2.75, 3.05) is 19.8 Å². The lowest BCUT2D eigenvalue weighted by atomic mass is 9.79. The molecule has 0 radical (unpaired) electrons. The molecule has 3 nitrogen and oxygen atoms in total. The van der Waals surface area contributed by atoms with Gasteiger partial charge in [0.25, 0.3) is 0 Å². The van der Waals surface area contributed by atoms with Crippen molar-refractivity contribution in [1.82, 2.24) is 0 Å². The van der Waals surface area contributed by atoms with E-state index in [-0.39, 0.29) is 12.2 Å². The molecule has 2 rings (SSSR count). The van der Waals surface area contributed by atoms with Crippen LogP contribution in [0.15, 0.2) is 0 Å². The molecule has 3 heteroatoms. The quantitative estimate of drug-likeness (QED) is 0.821. The van der Waals surface area contributed by atoms with E-state index < -0.39 is 0 Å². The van der Waals surface area contributed by atoms with Gasteiger partial charge in [-0.15, -0.1) is 0 Å². The van der Waals surface area contributed by atoms with E-state index in [1.165, 1.54) is 0 Å². The predicted molar refractivity (Wildman–Crippen MR) is 66.9 cm³/mol. The van der Waals surface area contributed by atoms with Crippen LogP contribution in [0, 0.1) is 17.8 Å². The van der Waals surface area contributed by atoms with E-state index in [0.717, 1.165) is 45.5 Å². The van der Waals surface area contributed by atoms with Crippen LogP contribution in [0.1, 0.15) is 39.5 Å². The normalized spacial score (nSPS) is 38.8. The summed E-state index contributed by atoms with van der Waals surface area (Å²) in [7, 11) is 0. The lowest BCUT2D eigenvalue weighted by molar-refractivity contribution is -0.0852. The molecule has 4 unspecified atom stereocenters. The number of aliphatic hydroxyl groups excluding tert-OH is 1. The summed E-state index contributed by atoms with van der Waals surface area (Å²) in [6.07, 6.45) is 3.96. The highest BCUT2D eigenvalue weighted by molar-refractivity contribution is 4.82. The highest BCUT2D eigenvalue weighted by atomic mass is 16.5. The summed E-state index contributed by atoms with van der Waals surface area (Å²) in [5.74, 6) is 1.95. The Bertz CT molecular complexity index is 224. The smallest absolute Gasteiger partial charge is 0.0836 e. The molecule has 1 saturated carbocycles. The second-order valence-corrected chi connectivity index (χ2v) is 5.99. The maximum absolute atomic E-state index is 9.99. The number of hydrogen-bond donors (Lipinski definition) is 1. The number of aliphatic hydroxyl groups is 1. The molecule has 17 heavy (non-hydrogen) atoms. The third kappa shape index (κ3) is 3.67. The zero-order valence-corrected chi connectivity index (χ0v) is 11.1. The lowest BCUT2D eigenvalue weighted by Crippen LogP contribution is -2.38. The van der Waals surface area contributed by atoms with Gasteiger partial charge < -0.3 is 14.6 Å². The summed E-state index contributed by atoms with van der Waals surface area (Å²) < 4.78 is 11.3. The van der Waals surface area contributed by atoms with Gasteiger partial charge in [0.2, 0.25) is 0 Å². The molecule has 1 aliphatic carbocycles. The molecule has 4 atom stereocenters. The van der Waals surface area contributed by atoms with Crippen molar-refractivity contribution in [3.8, 4) is 0 Å². The molecular formula is C14H26O3. The minimum atomic E-state index is -0.257. The second-order valence-electron chi connectivity index (χ2n) is 5.99. The van der Waals surface area contributed by atoms with Gasteiger partial charge in [-0.2, -0.15) is 0 Å². The second kappa shape index (κ2) is 6.17. The molecule has 1 saturated heterocycles. The standard InChI is InChI=1S/C14H26O3/c1-10(2)12-3-4-13(15)14(7-12)17-9-11-5-6-16-8-11/h10-15H,3-9H2,1-2H3. The maximum atomic E-state index is 9.99. The molecular weight excluding hydrogens is 216 g/mol. The number of hydrogen-bond acceptors (Lipinski definition) is 3. The molecule has 1 heterocycles. The van der Waals surface area contributed by atoms with Gasteiger partial charge in [-0.1, -0.05) is 13.8 Å². The summed E-state index contributed by atoms with van der Waals surface area (Å²) in [6.45, 7) is 6.99. The molecule has 0 aromatic rings. The molecule has 0 spiro atoms. The molecule has 1 aliphatic heterocycles. The Morgan fingerprint density at radius 2 is 2.12 bits per heavy atom. The van der Waals surface area contributed by atoms with Crippen LogP contribution in [0.5, 0.6) is 0 Å². The highest BCUT2D eigenvalue weighted by Crippen LogP contribution is 2.32. The first kappa shape index (κ1) is 13.3. The topological polar surface area (TPSA) is 38.7 Å². The van der Waals surface area contributed by atoms with Crippen molar-refractivity contribution < 1.29 is 14.6 Å². The minimum absolute atomic E-state index is 0.0525. The Morgan fingerprint density at radius 1 is 1.29 bits per heavy atom. The van der Waals surface area contributed by atoms with Crippen molar-refractivity contribution in [3.05, 3.63) is 0 Å². The molecule has 1 N–H and O–H groups in total. The Balaban J connectivity index is 1.76. The average Bonchev–Trinajstić information content (AvgIpc) is 2.80. The van der Waals surface area contributed by atoms with Crippen LogP contribution >= 0.6 is 0 Å². The van der Waals surface area contributed by atoms with Crippen molar-refractivity contribution in [2.24, 2.45) is 17.8 Å². The third-order valence-corrected chi connectivity index (χ3v) is 4.31. The van der Waals surface area contributed by atoms with E-state index in [0.29, 0.717) is 17.8 Å². The van der Waals surface area contributed by atoms with Gasteiger partial charge in [0, 0.05) is 12.5 Å². The van der Waals surface area contributed by atoms with Gasteiger partial charge in [-0.3, -0.25) is 0 Å². The van der Waals surface area contributed by atoms with E-state index in [1.54, 1.807) is 0 Å².